The number of unbranched alkanes of at least 4 members (excludes halogenated alkanes) is 1. The van der Waals surface area contributed by atoms with Crippen molar-refractivity contribution in [3.63, 3.8) is 0 Å². The second-order valence-electron chi connectivity index (χ2n) is 3.84. The Morgan fingerprint density at radius 1 is 1.19 bits per heavy atom. The minimum absolute atomic E-state index is 0.190. The average Bonchev–Trinajstić information content (AvgIpc) is 2.84. The summed E-state index contributed by atoms with van der Waals surface area (Å²) < 4.78 is 16.4. The van der Waals surface area contributed by atoms with Crippen LogP contribution in [0.1, 0.15) is 19.8 Å². The van der Waals surface area contributed by atoms with Crippen molar-refractivity contribution in [2.45, 2.75) is 19.8 Å². The van der Waals surface area contributed by atoms with E-state index in [4.69, 9.17) is 14.0 Å². The van der Waals surface area contributed by atoms with Crippen LogP contribution in [0.5, 0.6) is 5.75 Å². The fraction of sp³-hybridized carbons (Fsp3) is 0.500. The Balaban J connectivity index is 1.88. The molecular formula is C12H17BO3. The molecule has 1 aliphatic rings. The molecular weight excluding hydrogens is 203 g/mol. The minimum atomic E-state index is -0.190. The molecule has 0 amide bonds. The van der Waals surface area contributed by atoms with Crippen molar-refractivity contribution in [3.05, 3.63) is 24.3 Å². The standard InChI is InChI=1S/C12H17BO3/c1-2-3-8-14-12-6-4-11(5-7-12)13-15-9-10-16-13/h4-7H,2-3,8-10H2,1H3. The van der Waals surface area contributed by atoms with Crippen LogP contribution in [-0.2, 0) is 9.31 Å². The van der Waals surface area contributed by atoms with E-state index in [1.165, 1.54) is 0 Å². The largest absolute Gasteiger partial charge is 0.494 e. The molecule has 1 fully saturated rings. The maximum atomic E-state index is 5.58. The Morgan fingerprint density at radius 2 is 1.88 bits per heavy atom. The van der Waals surface area contributed by atoms with Gasteiger partial charge >= 0.3 is 7.12 Å². The molecule has 1 aromatic carbocycles. The zero-order valence-electron chi connectivity index (χ0n) is 9.65. The molecule has 2 rings (SSSR count). The first kappa shape index (κ1) is 11.5. The van der Waals surface area contributed by atoms with Gasteiger partial charge in [0.2, 0.25) is 0 Å². The number of hydrogen-bond acceptors (Lipinski definition) is 3. The maximum Gasteiger partial charge on any atom is 0.494 e. The lowest BCUT2D eigenvalue weighted by atomic mass is 9.79. The molecule has 0 N–H and O–H groups in total. The molecule has 0 saturated carbocycles. The van der Waals surface area contributed by atoms with Crippen LogP contribution in [0.25, 0.3) is 0 Å². The summed E-state index contributed by atoms with van der Waals surface area (Å²) in [5.41, 5.74) is 1.06. The number of rotatable bonds is 5. The van der Waals surface area contributed by atoms with E-state index < -0.39 is 0 Å². The van der Waals surface area contributed by atoms with E-state index in [-0.39, 0.29) is 7.12 Å². The van der Waals surface area contributed by atoms with Crippen LogP contribution in [0.3, 0.4) is 0 Å². The van der Waals surface area contributed by atoms with Crippen molar-refractivity contribution >= 4 is 12.6 Å². The first-order chi connectivity index (χ1) is 7.90. The van der Waals surface area contributed by atoms with Crippen molar-refractivity contribution in [1.82, 2.24) is 0 Å². The summed E-state index contributed by atoms with van der Waals surface area (Å²) in [7, 11) is -0.190. The molecule has 3 nitrogen and oxygen atoms in total. The second kappa shape index (κ2) is 5.92. The molecule has 0 aliphatic carbocycles. The lowest BCUT2D eigenvalue weighted by Gasteiger charge is -2.07. The zero-order valence-corrected chi connectivity index (χ0v) is 9.65. The zero-order chi connectivity index (χ0) is 11.2. The molecule has 1 heterocycles. The number of ether oxygens (including phenoxy) is 1. The SMILES string of the molecule is CCCCOc1ccc(B2OCCO2)cc1. The topological polar surface area (TPSA) is 27.7 Å². The molecule has 0 radical (unpaired) electrons. The van der Waals surface area contributed by atoms with E-state index in [9.17, 15) is 0 Å². The van der Waals surface area contributed by atoms with Gasteiger partial charge in [-0.2, -0.15) is 0 Å². The summed E-state index contributed by atoms with van der Waals surface area (Å²) in [4.78, 5) is 0. The van der Waals surface area contributed by atoms with Gasteiger partial charge in [0.05, 0.1) is 19.8 Å². The maximum absolute atomic E-state index is 5.58. The molecule has 0 unspecified atom stereocenters. The first-order valence-corrected chi connectivity index (χ1v) is 5.86. The second-order valence-corrected chi connectivity index (χ2v) is 3.84. The summed E-state index contributed by atoms with van der Waals surface area (Å²) in [5.74, 6) is 0.912. The van der Waals surface area contributed by atoms with Gasteiger partial charge in [-0.3, -0.25) is 0 Å². The predicted molar refractivity (Wildman–Crippen MR) is 64.1 cm³/mol. The van der Waals surface area contributed by atoms with Crippen molar-refractivity contribution in [3.8, 4) is 5.75 Å². The highest BCUT2D eigenvalue weighted by molar-refractivity contribution is 6.61. The van der Waals surface area contributed by atoms with Crippen LogP contribution in [0.15, 0.2) is 24.3 Å². The van der Waals surface area contributed by atoms with Crippen molar-refractivity contribution in [1.29, 1.82) is 0 Å². The average molecular weight is 220 g/mol. The molecule has 0 atom stereocenters. The Labute approximate surface area is 96.8 Å². The van der Waals surface area contributed by atoms with Crippen LogP contribution in [-0.4, -0.2) is 26.9 Å². The van der Waals surface area contributed by atoms with E-state index in [0.717, 1.165) is 30.7 Å². The predicted octanol–water partition coefficient (Wildman–Crippen LogP) is 1.61. The Kier molecular flexibility index (Phi) is 4.25. The summed E-state index contributed by atoms with van der Waals surface area (Å²) in [6.07, 6.45) is 2.25. The van der Waals surface area contributed by atoms with E-state index >= 15 is 0 Å². The molecule has 1 aromatic rings. The Bertz CT molecular complexity index is 307. The van der Waals surface area contributed by atoms with E-state index in [2.05, 4.69) is 6.92 Å². The van der Waals surface area contributed by atoms with Crippen LogP contribution < -0.4 is 10.2 Å². The molecule has 16 heavy (non-hydrogen) atoms. The van der Waals surface area contributed by atoms with Gasteiger partial charge in [0.25, 0.3) is 0 Å². The van der Waals surface area contributed by atoms with Crippen LogP contribution >= 0.6 is 0 Å². The highest BCUT2D eigenvalue weighted by Crippen LogP contribution is 2.10. The number of benzene rings is 1. The van der Waals surface area contributed by atoms with Crippen LogP contribution in [0.4, 0.5) is 0 Å². The molecule has 0 bridgehead atoms. The summed E-state index contributed by atoms with van der Waals surface area (Å²) in [5, 5.41) is 0. The molecule has 1 saturated heterocycles. The normalized spacial score (nSPS) is 15.4. The van der Waals surface area contributed by atoms with Gasteiger partial charge in [0.15, 0.2) is 0 Å². The molecule has 0 aromatic heterocycles. The van der Waals surface area contributed by atoms with Gasteiger partial charge in [-0.1, -0.05) is 25.5 Å². The highest BCUT2D eigenvalue weighted by Gasteiger charge is 2.25. The van der Waals surface area contributed by atoms with Gasteiger partial charge in [0.1, 0.15) is 5.75 Å². The highest BCUT2D eigenvalue weighted by atomic mass is 16.6. The molecule has 1 aliphatic heterocycles. The van der Waals surface area contributed by atoms with E-state index in [1.807, 2.05) is 24.3 Å². The van der Waals surface area contributed by atoms with Crippen molar-refractivity contribution in [2.75, 3.05) is 19.8 Å². The van der Waals surface area contributed by atoms with E-state index in [1.54, 1.807) is 0 Å². The fourth-order valence-corrected chi connectivity index (χ4v) is 1.61. The van der Waals surface area contributed by atoms with Gasteiger partial charge < -0.3 is 14.0 Å². The van der Waals surface area contributed by atoms with Gasteiger partial charge in [-0.05, 0) is 24.0 Å². The van der Waals surface area contributed by atoms with Crippen LogP contribution in [0, 0.1) is 0 Å². The van der Waals surface area contributed by atoms with Gasteiger partial charge in [-0.15, -0.1) is 0 Å². The van der Waals surface area contributed by atoms with E-state index in [0.29, 0.717) is 13.2 Å². The van der Waals surface area contributed by atoms with Crippen LogP contribution in [0.2, 0.25) is 0 Å². The van der Waals surface area contributed by atoms with Gasteiger partial charge in [-0.25, -0.2) is 0 Å². The first-order valence-electron chi connectivity index (χ1n) is 5.86. The monoisotopic (exact) mass is 220 g/mol. The summed E-state index contributed by atoms with van der Waals surface area (Å²) in [6.45, 7) is 4.30. The Morgan fingerprint density at radius 3 is 2.50 bits per heavy atom. The summed E-state index contributed by atoms with van der Waals surface area (Å²) in [6, 6.07) is 7.93. The third-order valence-electron chi connectivity index (χ3n) is 2.54. The Hall–Kier alpha value is -0.995. The van der Waals surface area contributed by atoms with Gasteiger partial charge in [0, 0.05) is 0 Å². The third-order valence-corrected chi connectivity index (χ3v) is 2.54. The molecule has 0 spiro atoms. The van der Waals surface area contributed by atoms with Crippen molar-refractivity contribution < 1.29 is 14.0 Å². The fourth-order valence-electron chi connectivity index (χ4n) is 1.61. The minimum Gasteiger partial charge on any atom is -0.494 e. The lowest BCUT2D eigenvalue weighted by Crippen LogP contribution is -2.31. The van der Waals surface area contributed by atoms with Crippen molar-refractivity contribution in [2.24, 2.45) is 0 Å². The third kappa shape index (κ3) is 3.00. The molecule has 86 valence electrons. The molecule has 4 heteroatoms. The summed E-state index contributed by atoms with van der Waals surface area (Å²) >= 11 is 0. The quantitative estimate of drug-likeness (QED) is 0.557. The number of hydrogen-bond donors (Lipinski definition) is 0. The smallest absolute Gasteiger partial charge is 0.494 e. The lowest BCUT2D eigenvalue weighted by molar-refractivity contribution is 0.309.